The number of nitriles is 1. The van der Waals surface area contributed by atoms with Crippen molar-refractivity contribution in [3.8, 4) is 6.07 Å². The Balaban J connectivity index is 0.000000771. The third-order valence-corrected chi connectivity index (χ3v) is 3.21. The Morgan fingerprint density at radius 1 is 1.44 bits per heavy atom. The quantitative estimate of drug-likeness (QED) is 0.795. The SMILES string of the molecule is C=CC1Nc2c(C#N)cccc2C1CCC.CC. The van der Waals surface area contributed by atoms with Crippen LogP contribution in [0.5, 0.6) is 0 Å². The summed E-state index contributed by atoms with van der Waals surface area (Å²) in [4.78, 5) is 0. The molecule has 96 valence electrons. The van der Waals surface area contributed by atoms with Crippen LogP contribution in [0, 0.1) is 11.3 Å². The molecule has 2 nitrogen and oxygen atoms in total. The van der Waals surface area contributed by atoms with E-state index in [2.05, 4.69) is 31.0 Å². The van der Waals surface area contributed by atoms with E-state index in [0.29, 0.717) is 5.92 Å². The molecule has 1 N–H and O–H groups in total. The monoisotopic (exact) mass is 242 g/mol. The molecule has 1 aromatic carbocycles. The highest BCUT2D eigenvalue weighted by molar-refractivity contribution is 5.68. The highest BCUT2D eigenvalue weighted by Crippen LogP contribution is 2.40. The second-order valence-electron chi connectivity index (χ2n) is 4.18. The lowest BCUT2D eigenvalue weighted by atomic mass is 9.90. The Morgan fingerprint density at radius 3 is 2.72 bits per heavy atom. The first-order chi connectivity index (χ1) is 8.81. The molecule has 0 spiro atoms. The van der Waals surface area contributed by atoms with Crippen LogP contribution in [0.15, 0.2) is 30.9 Å². The predicted molar refractivity (Wildman–Crippen MR) is 77.8 cm³/mol. The van der Waals surface area contributed by atoms with Crippen molar-refractivity contribution >= 4 is 5.69 Å². The molecule has 0 amide bonds. The van der Waals surface area contributed by atoms with E-state index in [4.69, 9.17) is 5.26 Å². The van der Waals surface area contributed by atoms with Gasteiger partial charge in [-0.1, -0.05) is 45.4 Å². The first kappa shape index (κ1) is 14.3. The van der Waals surface area contributed by atoms with E-state index < -0.39 is 0 Å². The molecule has 0 saturated heterocycles. The predicted octanol–water partition coefficient (Wildman–Crippen LogP) is 4.45. The summed E-state index contributed by atoms with van der Waals surface area (Å²) >= 11 is 0. The van der Waals surface area contributed by atoms with Crippen LogP contribution in [0.3, 0.4) is 0 Å². The van der Waals surface area contributed by atoms with Gasteiger partial charge < -0.3 is 5.32 Å². The summed E-state index contributed by atoms with van der Waals surface area (Å²) in [6.45, 7) is 10.1. The van der Waals surface area contributed by atoms with Crippen molar-refractivity contribution in [3.63, 3.8) is 0 Å². The molecular weight excluding hydrogens is 220 g/mol. The zero-order valence-electron chi connectivity index (χ0n) is 11.5. The Bertz CT molecular complexity index is 443. The number of hydrogen-bond acceptors (Lipinski definition) is 2. The smallest absolute Gasteiger partial charge is 0.101 e. The minimum absolute atomic E-state index is 0.268. The third kappa shape index (κ3) is 2.56. The summed E-state index contributed by atoms with van der Waals surface area (Å²) in [6, 6.07) is 8.45. The number of anilines is 1. The molecule has 2 rings (SSSR count). The molecule has 2 unspecified atom stereocenters. The second-order valence-corrected chi connectivity index (χ2v) is 4.18. The molecular formula is C16H22N2. The molecule has 0 radical (unpaired) electrons. The lowest BCUT2D eigenvalue weighted by molar-refractivity contribution is 0.605. The largest absolute Gasteiger partial charge is 0.377 e. The number of hydrogen-bond donors (Lipinski definition) is 1. The van der Waals surface area contributed by atoms with Crippen LogP contribution in [-0.2, 0) is 0 Å². The van der Waals surface area contributed by atoms with Gasteiger partial charge in [-0.05, 0) is 18.1 Å². The summed E-state index contributed by atoms with van der Waals surface area (Å²) in [5.74, 6) is 0.464. The van der Waals surface area contributed by atoms with Gasteiger partial charge in [0, 0.05) is 5.92 Å². The normalized spacial score (nSPS) is 19.9. The minimum Gasteiger partial charge on any atom is -0.377 e. The van der Waals surface area contributed by atoms with Crippen LogP contribution in [0.4, 0.5) is 5.69 Å². The van der Waals surface area contributed by atoms with Crippen molar-refractivity contribution < 1.29 is 0 Å². The van der Waals surface area contributed by atoms with Gasteiger partial charge in [0.05, 0.1) is 17.3 Å². The lowest BCUT2D eigenvalue weighted by Crippen LogP contribution is -2.17. The summed E-state index contributed by atoms with van der Waals surface area (Å²) in [5, 5.41) is 12.5. The number of nitrogens with one attached hydrogen (secondary N) is 1. The Morgan fingerprint density at radius 2 is 2.17 bits per heavy atom. The molecule has 0 saturated carbocycles. The average molecular weight is 242 g/mol. The van der Waals surface area contributed by atoms with Gasteiger partial charge in [0.1, 0.15) is 6.07 Å². The molecule has 2 heteroatoms. The van der Waals surface area contributed by atoms with Gasteiger partial charge in [-0.3, -0.25) is 0 Å². The number of benzene rings is 1. The van der Waals surface area contributed by atoms with Crippen molar-refractivity contribution in [2.45, 2.75) is 45.6 Å². The van der Waals surface area contributed by atoms with Crippen molar-refractivity contribution in [1.29, 1.82) is 5.26 Å². The first-order valence-electron chi connectivity index (χ1n) is 6.74. The zero-order chi connectivity index (χ0) is 13.5. The maximum Gasteiger partial charge on any atom is 0.101 e. The summed E-state index contributed by atoms with van der Waals surface area (Å²) in [6.07, 6.45) is 4.22. The van der Waals surface area contributed by atoms with Crippen LogP contribution < -0.4 is 5.32 Å². The van der Waals surface area contributed by atoms with Gasteiger partial charge in [-0.15, -0.1) is 6.58 Å². The maximum absolute atomic E-state index is 9.06. The van der Waals surface area contributed by atoms with Gasteiger partial charge in [-0.2, -0.15) is 5.26 Å². The molecule has 2 atom stereocenters. The number of rotatable bonds is 3. The molecule has 1 heterocycles. The molecule has 0 fully saturated rings. The van der Waals surface area contributed by atoms with Crippen LogP contribution in [-0.4, -0.2) is 6.04 Å². The molecule has 1 aliphatic rings. The van der Waals surface area contributed by atoms with Crippen molar-refractivity contribution in [2.24, 2.45) is 0 Å². The van der Waals surface area contributed by atoms with Gasteiger partial charge in [0.2, 0.25) is 0 Å². The molecule has 18 heavy (non-hydrogen) atoms. The van der Waals surface area contributed by atoms with E-state index >= 15 is 0 Å². The van der Waals surface area contributed by atoms with Gasteiger partial charge >= 0.3 is 0 Å². The van der Waals surface area contributed by atoms with Gasteiger partial charge in [0.25, 0.3) is 0 Å². The molecule has 0 bridgehead atoms. The van der Waals surface area contributed by atoms with E-state index in [1.807, 2.05) is 32.1 Å². The van der Waals surface area contributed by atoms with Crippen LogP contribution >= 0.6 is 0 Å². The highest BCUT2D eigenvalue weighted by Gasteiger charge is 2.30. The fourth-order valence-electron chi connectivity index (χ4n) is 2.46. The summed E-state index contributed by atoms with van der Waals surface area (Å²) in [5.41, 5.74) is 3.02. The lowest BCUT2D eigenvalue weighted by Gasteiger charge is -2.15. The second kappa shape index (κ2) is 6.86. The third-order valence-electron chi connectivity index (χ3n) is 3.21. The maximum atomic E-state index is 9.06. The summed E-state index contributed by atoms with van der Waals surface area (Å²) < 4.78 is 0. The number of fused-ring (bicyclic) bond motifs is 1. The van der Waals surface area contributed by atoms with E-state index in [1.165, 1.54) is 5.56 Å². The van der Waals surface area contributed by atoms with E-state index in [0.717, 1.165) is 24.1 Å². The molecule has 1 aliphatic heterocycles. The Kier molecular flexibility index (Phi) is 5.45. The minimum atomic E-state index is 0.268. The van der Waals surface area contributed by atoms with Gasteiger partial charge in [0.15, 0.2) is 0 Å². The number of nitrogens with zero attached hydrogens (tertiary/aromatic N) is 1. The fourth-order valence-corrected chi connectivity index (χ4v) is 2.46. The highest BCUT2D eigenvalue weighted by atomic mass is 15.0. The molecule has 0 aromatic heterocycles. The van der Waals surface area contributed by atoms with Gasteiger partial charge in [-0.25, -0.2) is 0 Å². The Hall–Kier alpha value is -1.75. The molecule has 0 aliphatic carbocycles. The zero-order valence-corrected chi connectivity index (χ0v) is 11.5. The van der Waals surface area contributed by atoms with Crippen LogP contribution in [0.1, 0.15) is 50.7 Å². The van der Waals surface area contributed by atoms with Crippen molar-refractivity contribution in [3.05, 3.63) is 42.0 Å². The van der Waals surface area contributed by atoms with E-state index in [-0.39, 0.29) is 6.04 Å². The van der Waals surface area contributed by atoms with E-state index in [9.17, 15) is 0 Å². The molecule has 1 aromatic rings. The van der Waals surface area contributed by atoms with Crippen molar-refractivity contribution in [2.75, 3.05) is 5.32 Å². The standard InChI is InChI=1S/C14H16N2.C2H6/c1-3-6-11-12-8-5-7-10(9-15)14(12)16-13(11)4-2;1-2/h4-5,7-8,11,13,16H,2-3,6H2,1H3;1-2H3. The average Bonchev–Trinajstić information content (AvgIpc) is 2.79. The fraction of sp³-hybridized carbons (Fsp3) is 0.438. The van der Waals surface area contributed by atoms with Crippen LogP contribution in [0.25, 0.3) is 0 Å². The first-order valence-corrected chi connectivity index (χ1v) is 6.74. The Labute approximate surface area is 110 Å². The van der Waals surface area contributed by atoms with E-state index in [1.54, 1.807) is 0 Å². The van der Waals surface area contributed by atoms with Crippen molar-refractivity contribution in [1.82, 2.24) is 0 Å². The number of para-hydroxylation sites is 1. The summed E-state index contributed by atoms with van der Waals surface area (Å²) in [7, 11) is 0. The van der Waals surface area contributed by atoms with Crippen LogP contribution in [0.2, 0.25) is 0 Å². The topological polar surface area (TPSA) is 35.8 Å².